The van der Waals surface area contributed by atoms with Crippen molar-refractivity contribution in [2.75, 3.05) is 26.2 Å². The molecule has 28 heavy (non-hydrogen) atoms. The lowest BCUT2D eigenvalue weighted by atomic mass is 10.0. The molecule has 0 saturated carbocycles. The number of aliphatic hydroxyl groups excluding tert-OH is 1. The summed E-state index contributed by atoms with van der Waals surface area (Å²) >= 11 is 0. The van der Waals surface area contributed by atoms with Gasteiger partial charge in [0.1, 0.15) is 0 Å². The number of rotatable bonds is 23. The fourth-order valence-electron chi connectivity index (χ4n) is 4.18. The molecular weight excluding hydrogens is 344 g/mol. The van der Waals surface area contributed by atoms with Crippen LogP contribution in [-0.2, 0) is 0 Å². The molecule has 0 aromatic carbocycles. The molecule has 0 amide bonds. The van der Waals surface area contributed by atoms with Gasteiger partial charge in [-0.2, -0.15) is 0 Å². The van der Waals surface area contributed by atoms with Gasteiger partial charge in [-0.25, -0.2) is 0 Å². The third-order valence-corrected chi connectivity index (χ3v) is 6.10. The molecule has 170 valence electrons. The van der Waals surface area contributed by atoms with E-state index in [1.165, 1.54) is 109 Å². The first-order valence-electron chi connectivity index (χ1n) is 12.9. The summed E-state index contributed by atoms with van der Waals surface area (Å²) in [5.74, 6) is 0. The summed E-state index contributed by atoms with van der Waals surface area (Å²) in [6.45, 7) is 10.6. The Morgan fingerprint density at radius 1 is 0.571 bits per heavy atom. The monoisotopic (exact) mass is 398 g/mol. The topological polar surface area (TPSA) is 35.5 Å². The van der Waals surface area contributed by atoms with E-state index in [4.69, 9.17) is 5.11 Å². The van der Waals surface area contributed by atoms with Crippen LogP contribution in [-0.4, -0.2) is 42.4 Å². The van der Waals surface area contributed by atoms with Crippen LogP contribution in [0.15, 0.2) is 0 Å². The van der Waals surface area contributed by atoms with Crippen LogP contribution in [0.5, 0.6) is 0 Å². The molecule has 0 aromatic heterocycles. The van der Waals surface area contributed by atoms with Gasteiger partial charge < -0.3 is 10.4 Å². The zero-order valence-corrected chi connectivity index (χ0v) is 19.8. The minimum atomic E-state index is 0.369. The number of hydrogen-bond acceptors (Lipinski definition) is 3. The molecule has 0 heterocycles. The van der Waals surface area contributed by atoms with E-state index in [9.17, 15) is 0 Å². The highest BCUT2D eigenvalue weighted by Gasteiger charge is 2.11. The van der Waals surface area contributed by atoms with Crippen LogP contribution in [0.2, 0.25) is 0 Å². The standard InChI is InChI=1S/C25H54N2O/c1-4-25(27(5-2)6-3)26-23-21-19-17-15-13-11-9-7-8-10-12-14-16-18-20-22-24-28/h25-26,28H,4-24H2,1-3H3. The van der Waals surface area contributed by atoms with E-state index in [1.807, 2.05) is 0 Å². The summed E-state index contributed by atoms with van der Waals surface area (Å²) in [4.78, 5) is 2.53. The molecule has 3 heteroatoms. The molecule has 0 aliphatic rings. The highest BCUT2D eigenvalue weighted by Crippen LogP contribution is 2.13. The SMILES string of the molecule is CCC(NCCCCCCCCCCCCCCCCCCO)N(CC)CC. The molecule has 0 rings (SSSR count). The molecular formula is C25H54N2O. The normalized spacial score (nSPS) is 12.8. The molecule has 0 radical (unpaired) electrons. The summed E-state index contributed by atoms with van der Waals surface area (Å²) in [6, 6.07) is 0. The van der Waals surface area contributed by atoms with Gasteiger partial charge >= 0.3 is 0 Å². The van der Waals surface area contributed by atoms with Crippen molar-refractivity contribution in [1.29, 1.82) is 0 Å². The van der Waals surface area contributed by atoms with Crippen molar-refractivity contribution in [3.63, 3.8) is 0 Å². The number of aliphatic hydroxyl groups is 1. The van der Waals surface area contributed by atoms with Crippen molar-refractivity contribution < 1.29 is 5.11 Å². The molecule has 0 bridgehead atoms. The van der Waals surface area contributed by atoms with Gasteiger partial charge in [0.15, 0.2) is 0 Å². The number of unbranched alkanes of at least 4 members (excludes halogenated alkanes) is 15. The Morgan fingerprint density at radius 3 is 1.25 bits per heavy atom. The quantitative estimate of drug-likeness (QED) is 0.145. The Morgan fingerprint density at radius 2 is 0.929 bits per heavy atom. The highest BCUT2D eigenvalue weighted by atomic mass is 16.2. The smallest absolute Gasteiger partial charge is 0.0594 e. The Balaban J connectivity index is 3.21. The van der Waals surface area contributed by atoms with E-state index in [1.54, 1.807) is 0 Å². The summed E-state index contributed by atoms with van der Waals surface area (Å²) < 4.78 is 0. The van der Waals surface area contributed by atoms with Gasteiger partial charge in [-0.15, -0.1) is 0 Å². The molecule has 1 atom stereocenters. The van der Waals surface area contributed by atoms with Crippen molar-refractivity contribution in [3.8, 4) is 0 Å². The first kappa shape index (κ1) is 27.9. The van der Waals surface area contributed by atoms with E-state index < -0.39 is 0 Å². The fraction of sp³-hybridized carbons (Fsp3) is 1.00. The molecule has 3 nitrogen and oxygen atoms in total. The van der Waals surface area contributed by atoms with Gasteiger partial charge in [-0.3, -0.25) is 4.90 Å². The van der Waals surface area contributed by atoms with Gasteiger partial charge in [0.05, 0.1) is 6.17 Å². The van der Waals surface area contributed by atoms with Crippen LogP contribution in [0.25, 0.3) is 0 Å². The van der Waals surface area contributed by atoms with Gasteiger partial charge in [-0.05, 0) is 38.9 Å². The van der Waals surface area contributed by atoms with Crippen LogP contribution >= 0.6 is 0 Å². The summed E-state index contributed by atoms with van der Waals surface area (Å²) in [7, 11) is 0. The lowest BCUT2D eigenvalue weighted by Crippen LogP contribution is -2.45. The van der Waals surface area contributed by atoms with Crippen LogP contribution < -0.4 is 5.32 Å². The molecule has 0 aromatic rings. The molecule has 0 spiro atoms. The maximum Gasteiger partial charge on any atom is 0.0594 e. The summed E-state index contributed by atoms with van der Waals surface area (Å²) in [5, 5.41) is 12.5. The Kier molecular flexibility index (Phi) is 23.1. The molecule has 0 aliphatic carbocycles. The van der Waals surface area contributed by atoms with Crippen LogP contribution in [0.3, 0.4) is 0 Å². The molecule has 0 fully saturated rings. The molecule has 0 aliphatic heterocycles. The van der Waals surface area contributed by atoms with Crippen LogP contribution in [0.4, 0.5) is 0 Å². The average molecular weight is 399 g/mol. The van der Waals surface area contributed by atoms with Gasteiger partial charge in [0, 0.05) is 6.61 Å². The maximum atomic E-state index is 8.75. The third-order valence-electron chi connectivity index (χ3n) is 6.10. The van der Waals surface area contributed by atoms with E-state index in [0.29, 0.717) is 12.8 Å². The van der Waals surface area contributed by atoms with Gasteiger partial charge in [-0.1, -0.05) is 111 Å². The summed E-state index contributed by atoms with van der Waals surface area (Å²) in [5.41, 5.74) is 0. The van der Waals surface area contributed by atoms with Gasteiger partial charge in [0.25, 0.3) is 0 Å². The molecule has 2 N–H and O–H groups in total. The maximum absolute atomic E-state index is 8.75. The van der Waals surface area contributed by atoms with Crippen LogP contribution in [0, 0.1) is 0 Å². The van der Waals surface area contributed by atoms with E-state index in [-0.39, 0.29) is 0 Å². The second-order valence-electron chi connectivity index (χ2n) is 8.48. The Hall–Kier alpha value is -0.120. The lowest BCUT2D eigenvalue weighted by Gasteiger charge is -2.29. The Labute approximate surface area is 178 Å². The van der Waals surface area contributed by atoms with Crippen molar-refractivity contribution in [2.24, 2.45) is 0 Å². The molecule has 0 saturated heterocycles. The zero-order valence-electron chi connectivity index (χ0n) is 19.8. The largest absolute Gasteiger partial charge is 0.396 e. The first-order chi connectivity index (χ1) is 13.8. The zero-order chi connectivity index (χ0) is 20.7. The summed E-state index contributed by atoms with van der Waals surface area (Å²) in [6.07, 6.45) is 23.7. The number of nitrogens with one attached hydrogen (secondary N) is 1. The second-order valence-corrected chi connectivity index (χ2v) is 8.48. The minimum Gasteiger partial charge on any atom is -0.396 e. The van der Waals surface area contributed by atoms with Crippen LogP contribution in [0.1, 0.15) is 130 Å². The fourth-order valence-corrected chi connectivity index (χ4v) is 4.18. The predicted molar refractivity (Wildman–Crippen MR) is 126 cm³/mol. The number of hydrogen-bond donors (Lipinski definition) is 2. The average Bonchev–Trinajstić information content (AvgIpc) is 2.72. The van der Waals surface area contributed by atoms with Crippen molar-refractivity contribution in [2.45, 2.75) is 136 Å². The van der Waals surface area contributed by atoms with Crippen molar-refractivity contribution in [3.05, 3.63) is 0 Å². The van der Waals surface area contributed by atoms with E-state index >= 15 is 0 Å². The Bertz CT molecular complexity index is 282. The van der Waals surface area contributed by atoms with Crippen molar-refractivity contribution in [1.82, 2.24) is 10.2 Å². The first-order valence-corrected chi connectivity index (χ1v) is 12.9. The van der Waals surface area contributed by atoms with Gasteiger partial charge in [0.2, 0.25) is 0 Å². The lowest BCUT2D eigenvalue weighted by molar-refractivity contribution is 0.176. The predicted octanol–water partition coefficient (Wildman–Crippen LogP) is 6.89. The van der Waals surface area contributed by atoms with E-state index in [0.717, 1.165) is 19.5 Å². The molecule has 1 unspecified atom stereocenters. The highest BCUT2D eigenvalue weighted by molar-refractivity contribution is 4.66. The minimum absolute atomic E-state index is 0.369. The number of nitrogens with zero attached hydrogens (tertiary/aromatic N) is 1. The van der Waals surface area contributed by atoms with Crippen molar-refractivity contribution >= 4 is 0 Å². The second kappa shape index (κ2) is 23.2. The third kappa shape index (κ3) is 17.9. The van der Waals surface area contributed by atoms with E-state index in [2.05, 4.69) is 31.0 Å².